The van der Waals surface area contributed by atoms with Crippen LogP contribution in [0.5, 0.6) is 5.75 Å². The van der Waals surface area contributed by atoms with Gasteiger partial charge < -0.3 is 14.8 Å². The lowest BCUT2D eigenvalue weighted by atomic mass is 10.2. The number of amides is 1. The number of ether oxygens (including phenoxy) is 2. The van der Waals surface area contributed by atoms with E-state index in [2.05, 4.69) is 5.32 Å². The highest BCUT2D eigenvalue weighted by Gasteiger charge is 2.20. The molecule has 122 valence electrons. The van der Waals surface area contributed by atoms with Gasteiger partial charge in [0.15, 0.2) is 17.7 Å². The maximum absolute atomic E-state index is 13.6. The molecule has 0 saturated carbocycles. The molecular weight excluding hydrogens is 297 g/mol. The summed E-state index contributed by atoms with van der Waals surface area (Å²) in [5, 5.41) is 2.79. The predicted octanol–water partition coefficient (Wildman–Crippen LogP) is 3.77. The third-order valence-electron chi connectivity index (χ3n) is 3.27. The Bertz CT molecular complexity index is 660. The maximum atomic E-state index is 13.6. The summed E-state index contributed by atoms with van der Waals surface area (Å²) in [6, 6.07) is 13.4. The average Bonchev–Trinajstić information content (AvgIpc) is 2.54. The molecule has 0 bridgehead atoms. The van der Waals surface area contributed by atoms with E-state index in [0.717, 1.165) is 5.56 Å². The number of benzene rings is 2. The Labute approximate surface area is 135 Å². The fraction of sp³-hybridized carbons (Fsp3) is 0.278. The summed E-state index contributed by atoms with van der Waals surface area (Å²) in [4.78, 5) is 12.3. The van der Waals surface area contributed by atoms with E-state index in [-0.39, 0.29) is 11.7 Å². The molecule has 0 aliphatic carbocycles. The summed E-state index contributed by atoms with van der Waals surface area (Å²) in [6.45, 7) is 2.28. The van der Waals surface area contributed by atoms with Crippen molar-refractivity contribution >= 4 is 11.6 Å². The number of para-hydroxylation sites is 1. The summed E-state index contributed by atoms with van der Waals surface area (Å²) in [5.41, 5.74) is 1.61. The third kappa shape index (κ3) is 4.79. The topological polar surface area (TPSA) is 47.6 Å². The van der Waals surface area contributed by atoms with Gasteiger partial charge in [-0.2, -0.15) is 0 Å². The lowest BCUT2D eigenvalue weighted by Crippen LogP contribution is -2.32. The Morgan fingerprint density at radius 2 is 2.00 bits per heavy atom. The zero-order valence-electron chi connectivity index (χ0n) is 13.2. The van der Waals surface area contributed by atoms with Gasteiger partial charge >= 0.3 is 0 Å². The summed E-state index contributed by atoms with van der Waals surface area (Å²) in [6.07, 6.45) is -0.337. The van der Waals surface area contributed by atoms with E-state index in [1.165, 1.54) is 12.1 Å². The number of rotatable bonds is 7. The molecule has 0 aromatic heterocycles. The Morgan fingerprint density at radius 1 is 1.22 bits per heavy atom. The number of halogens is 1. The lowest BCUT2D eigenvalue weighted by molar-refractivity contribution is -0.122. The zero-order chi connectivity index (χ0) is 16.7. The molecule has 2 aromatic rings. The van der Waals surface area contributed by atoms with Crippen LogP contribution in [0.2, 0.25) is 0 Å². The molecule has 0 radical (unpaired) electrons. The molecule has 2 aromatic carbocycles. The van der Waals surface area contributed by atoms with Crippen molar-refractivity contribution in [3.63, 3.8) is 0 Å². The monoisotopic (exact) mass is 317 g/mol. The highest BCUT2D eigenvalue weighted by molar-refractivity contribution is 5.94. The molecule has 0 fully saturated rings. The largest absolute Gasteiger partial charge is 0.478 e. The van der Waals surface area contributed by atoms with E-state index in [1.54, 1.807) is 25.3 Å². The number of hydrogen-bond acceptors (Lipinski definition) is 3. The van der Waals surface area contributed by atoms with Gasteiger partial charge in [-0.15, -0.1) is 0 Å². The molecule has 0 unspecified atom stereocenters. The first-order valence-electron chi connectivity index (χ1n) is 7.44. The average molecular weight is 317 g/mol. The van der Waals surface area contributed by atoms with Crippen molar-refractivity contribution < 1.29 is 18.7 Å². The van der Waals surface area contributed by atoms with Crippen LogP contribution in [0, 0.1) is 5.82 Å². The van der Waals surface area contributed by atoms with Crippen molar-refractivity contribution in [2.24, 2.45) is 0 Å². The molecule has 4 nitrogen and oxygen atoms in total. The zero-order valence-corrected chi connectivity index (χ0v) is 13.2. The quantitative estimate of drug-likeness (QED) is 0.845. The van der Waals surface area contributed by atoms with E-state index < -0.39 is 11.9 Å². The Balaban J connectivity index is 2.05. The molecule has 5 heteroatoms. The van der Waals surface area contributed by atoms with Crippen LogP contribution in [-0.4, -0.2) is 19.1 Å². The van der Waals surface area contributed by atoms with E-state index in [1.807, 2.05) is 25.1 Å². The van der Waals surface area contributed by atoms with E-state index in [4.69, 9.17) is 9.47 Å². The minimum atomic E-state index is -0.766. The normalized spacial score (nSPS) is 11.8. The molecular formula is C18H20FNO3. The molecule has 2 rings (SSSR count). The molecule has 1 N–H and O–H groups in total. The first-order chi connectivity index (χ1) is 11.1. The van der Waals surface area contributed by atoms with Gasteiger partial charge in [-0.1, -0.05) is 31.2 Å². The Morgan fingerprint density at radius 3 is 2.70 bits per heavy atom. The van der Waals surface area contributed by atoms with Crippen LogP contribution < -0.4 is 10.1 Å². The standard InChI is InChI=1S/C18H20FNO3/c1-3-16(23-17-10-5-4-9-15(17)19)18(21)20-14-8-6-7-13(11-14)12-22-2/h4-11,16H,3,12H2,1-2H3,(H,20,21)/t16-/m0/s1. The second kappa shape index (κ2) is 8.29. The fourth-order valence-corrected chi connectivity index (χ4v) is 2.14. The minimum absolute atomic E-state index is 0.0719. The molecule has 1 atom stereocenters. The molecule has 0 spiro atoms. The number of nitrogens with one attached hydrogen (secondary N) is 1. The van der Waals surface area contributed by atoms with Gasteiger partial charge in [0, 0.05) is 12.8 Å². The van der Waals surface area contributed by atoms with Gasteiger partial charge in [-0.05, 0) is 36.2 Å². The SMILES string of the molecule is CC[C@H](Oc1ccccc1F)C(=O)Nc1cccc(COC)c1. The smallest absolute Gasteiger partial charge is 0.265 e. The number of carbonyl (C=O) groups is 1. The van der Waals surface area contributed by atoms with Crippen LogP contribution in [-0.2, 0) is 16.1 Å². The van der Waals surface area contributed by atoms with Crippen molar-refractivity contribution in [1.29, 1.82) is 0 Å². The van der Waals surface area contributed by atoms with Gasteiger partial charge in [0.05, 0.1) is 6.61 Å². The van der Waals surface area contributed by atoms with Crippen LogP contribution in [0.1, 0.15) is 18.9 Å². The summed E-state index contributed by atoms with van der Waals surface area (Å²) in [5.74, 6) is -0.728. The highest BCUT2D eigenvalue weighted by Crippen LogP contribution is 2.19. The van der Waals surface area contributed by atoms with Gasteiger partial charge in [-0.3, -0.25) is 4.79 Å². The predicted molar refractivity (Wildman–Crippen MR) is 86.9 cm³/mol. The second-order valence-electron chi connectivity index (χ2n) is 5.07. The fourth-order valence-electron chi connectivity index (χ4n) is 2.14. The van der Waals surface area contributed by atoms with E-state index in [0.29, 0.717) is 18.7 Å². The molecule has 0 aliphatic rings. The highest BCUT2D eigenvalue weighted by atomic mass is 19.1. The van der Waals surface area contributed by atoms with Gasteiger partial charge in [0.25, 0.3) is 5.91 Å². The van der Waals surface area contributed by atoms with Crippen LogP contribution in [0.3, 0.4) is 0 Å². The third-order valence-corrected chi connectivity index (χ3v) is 3.27. The van der Waals surface area contributed by atoms with Crippen molar-refractivity contribution in [1.82, 2.24) is 0 Å². The van der Waals surface area contributed by atoms with Crippen molar-refractivity contribution in [2.75, 3.05) is 12.4 Å². The lowest BCUT2D eigenvalue weighted by Gasteiger charge is -2.18. The van der Waals surface area contributed by atoms with Gasteiger partial charge in [0.2, 0.25) is 0 Å². The Kier molecular flexibility index (Phi) is 6.11. The molecule has 0 saturated heterocycles. The summed E-state index contributed by atoms with van der Waals surface area (Å²) in [7, 11) is 1.61. The molecule has 0 aliphatic heterocycles. The molecule has 1 amide bonds. The minimum Gasteiger partial charge on any atom is -0.478 e. The summed E-state index contributed by atoms with van der Waals surface area (Å²) < 4.78 is 24.2. The van der Waals surface area contributed by atoms with Crippen LogP contribution in [0.25, 0.3) is 0 Å². The molecule has 0 heterocycles. The van der Waals surface area contributed by atoms with E-state index >= 15 is 0 Å². The van der Waals surface area contributed by atoms with Gasteiger partial charge in [0.1, 0.15) is 0 Å². The number of methoxy groups -OCH3 is 1. The Hall–Kier alpha value is -2.40. The number of hydrogen-bond donors (Lipinski definition) is 1. The van der Waals surface area contributed by atoms with Crippen molar-refractivity contribution in [3.05, 3.63) is 59.9 Å². The second-order valence-corrected chi connectivity index (χ2v) is 5.07. The summed E-state index contributed by atoms with van der Waals surface area (Å²) >= 11 is 0. The van der Waals surface area contributed by atoms with E-state index in [9.17, 15) is 9.18 Å². The van der Waals surface area contributed by atoms with Crippen molar-refractivity contribution in [3.8, 4) is 5.75 Å². The number of anilines is 1. The van der Waals surface area contributed by atoms with Gasteiger partial charge in [-0.25, -0.2) is 4.39 Å². The van der Waals surface area contributed by atoms with Crippen LogP contribution in [0.15, 0.2) is 48.5 Å². The number of carbonyl (C=O) groups excluding carboxylic acids is 1. The first-order valence-corrected chi connectivity index (χ1v) is 7.44. The first kappa shape index (κ1) is 17.0. The van der Waals surface area contributed by atoms with Crippen LogP contribution >= 0.6 is 0 Å². The maximum Gasteiger partial charge on any atom is 0.265 e. The molecule has 23 heavy (non-hydrogen) atoms. The van der Waals surface area contributed by atoms with Crippen molar-refractivity contribution in [2.45, 2.75) is 26.1 Å². The van der Waals surface area contributed by atoms with Crippen LogP contribution in [0.4, 0.5) is 10.1 Å².